The minimum atomic E-state index is -0.255. The van der Waals surface area contributed by atoms with Crippen molar-refractivity contribution in [2.75, 3.05) is 19.7 Å². The molecule has 1 amide bonds. The zero-order chi connectivity index (χ0) is 14.7. The Morgan fingerprint density at radius 3 is 3.19 bits per heavy atom. The van der Waals surface area contributed by atoms with Gasteiger partial charge < -0.3 is 9.64 Å². The average Bonchev–Trinajstić information content (AvgIpc) is 3.01. The summed E-state index contributed by atoms with van der Waals surface area (Å²) in [6.45, 7) is 1.55. The molecule has 2 heterocycles. The van der Waals surface area contributed by atoms with Crippen molar-refractivity contribution < 1.29 is 13.9 Å². The third kappa shape index (κ3) is 3.28. The Hall–Kier alpha value is -2.21. The van der Waals surface area contributed by atoms with Gasteiger partial charge in [-0.25, -0.2) is 4.39 Å². The summed E-state index contributed by atoms with van der Waals surface area (Å²) in [6.07, 6.45) is 3.57. The van der Waals surface area contributed by atoms with Gasteiger partial charge in [-0.2, -0.15) is 5.10 Å². The number of hydrogen-bond donors (Lipinski definition) is 1. The standard InChI is InChI=1S/C15H16FN3O2/c16-13-3-1-2-11(6-13)7-14-10-19(4-5-21-14)15(20)12-8-17-18-9-12/h1-3,6,8-9,14H,4-5,7,10H2,(H,17,18)/t14-/m0/s1. The lowest BCUT2D eigenvalue weighted by atomic mass is 10.1. The van der Waals surface area contributed by atoms with Crippen LogP contribution in [-0.4, -0.2) is 46.8 Å². The van der Waals surface area contributed by atoms with Gasteiger partial charge in [-0.3, -0.25) is 9.89 Å². The molecule has 110 valence electrons. The fourth-order valence-corrected chi connectivity index (χ4v) is 2.50. The first kappa shape index (κ1) is 13.8. The highest BCUT2D eigenvalue weighted by molar-refractivity contribution is 5.93. The Bertz CT molecular complexity index is 615. The number of rotatable bonds is 3. The molecule has 0 bridgehead atoms. The molecule has 1 atom stereocenters. The van der Waals surface area contributed by atoms with Crippen LogP contribution in [0.5, 0.6) is 0 Å². The Morgan fingerprint density at radius 2 is 2.43 bits per heavy atom. The number of H-pyrrole nitrogens is 1. The smallest absolute Gasteiger partial charge is 0.257 e. The Labute approximate surface area is 121 Å². The maximum absolute atomic E-state index is 13.2. The first-order valence-electron chi connectivity index (χ1n) is 6.86. The molecule has 0 aliphatic carbocycles. The summed E-state index contributed by atoms with van der Waals surface area (Å²) in [6, 6.07) is 6.46. The second kappa shape index (κ2) is 6.05. The summed E-state index contributed by atoms with van der Waals surface area (Å²) in [5.41, 5.74) is 1.42. The molecule has 1 aliphatic heterocycles. The summed E-state index contributed by atoms with van der Waals surface area (Å²) >= 11 is 0. The van der Waals surface area contributed by atoms with E-state index in [1.54, 1.807) is 17.2 Å². The molecule has 1 aliphatic rings. The molecule has 5 nitrogen and oxygen atoms in total. The van der Waals surface area contributed by atoms with E-state index < -0.39 is 0 Å². The van der Waals surface area contributed by atoms with Gasteiger partial charge >= 0.3 is 0 Å². The van der Waals surface area contributed by atoms with Crippen LogP contribution < -0.4 is 0 Å². The van der Waals surface area contributed by atoms with E-state index >= 15 is 0 Å². The zero-order valence-electron chi connectivity index (χ0n) is 11.5. The van der Waals surface area contributed by atoms with Crippen LogP contribution in [0.15, 0.2) is 36.7 Å². The number of morpholine rings is 1. The molecule has 1 aromatic heterocycles. The van der Waals surface area contributed by atoms with Crippen LogP contribution >= 0.6 is 0 Å². The first-order chi connectivity index (χ1) is 10.2. The first-order valence-corrected chi connectivity index (χ1v) is 6.86. The van der Waals surface area contributed by atoms with E-state index in [1.807, 2.05) is 6.07 Å². The maximum Gasteiger partial charge on any atom is 0.257 e. The van der Waals surface area contributed by atoms with Crippen molar-refractivity contribution in [2.24, 2.45) is 0 Å². The SMILES string of the molecule is O=C(c1cn[nH]c1)N1CCO[C@@H](Cc2cccc(F)c2)C1. The number of nitrogens with zero attached hydrogens (tertiary/aromatic N) is 2. The molecule has 1 N–H and O–H groups in total. The minimum absolute atomic E-state index is 0.0590. The highest BCUT2D eigenvalue weighted by Crippen LogP contribution is 2.14. The number of halogens is 1. The lowest BCUT2D eigenvalue weighted by Gasteiger charge is -2.32. The molecule has 0 unspecified atom stereocenters. The monoisotopic (exact) mass is 289 g/mol. The summed E-state index contributed by atoms with van der Waals surface area (Å²) in [7, 11) is 0. The van der Waals surface area contributed by atoms with Crippen molar-refractivity contribution in [3.8, 4) is 0 Å². The third-order valence-corrected chi connectivity index (χ3v) is 3.52. The van der Waals surface area contributed by atoms with Crippen molar-refractivity contribution in [1.29, 1.82) is 0 Å². The van der Waals surface area contributed by atoms with Crippen LogP contribution in [0.25, 0.3) is 0 Å². The predicted molar refractivity (Wildman–Crippen MR) is 74.3 cm³/mol. The van der Waals surface area contributed by atoms with E-state index in [4.69, 9.17) is 4.74 Å². The number of aromatic nitrogens is 2. The average molecular weight is 289 g/mol. The molecule has 0 saturated carbocycles. The van der Waals surface area contributed by atoms with Crippen molar-refractivity contribution in [1.82, 2.24) is 15.1 Å². The van der Waals surface area contributed by atoms with Crippen LogP contribution in [0.4, 0.5) is 4.39 Å². The summed E-state index contributed by atoms with van der Waals surface area (Å²) in [4.78, 5) is 14.0. The van der Waals surface area contributed by atoms with E-state index in [-0.39, 0.29) is 17.8 Å². The largest absolute Gasteiger partial charge is 0.374 e. The van der Waals surface area contributed by atoms with E-state index in [1.165, 1.54) is 18.3 Å². The van der Waals surface area contributed by atoms with Gasteiger partial charge in [0, 0.05) is 25.7 Å². The van der Waals surface area contributed by atoms with E-state index in [2.05, 4.69) is 10.2 Å². The second-order valence-electron chi connectivity index (χ2n) is 5.06. The molecule has 1 saturated heterocycles. The van der Waals surface area contributed by atoms with E-state index in [0.717, 1.165) is 5.56 Å². The van der Waals surface area contributed by atoms with Crippen LogP contribution in [0.2, 0.25) is 0 Å². The molecule has 2 aromatic rings. The number of ether oxygens (including phenoxy) is 1. The fraction of sp³-hybridized carbons (Fsp3) is 0.333. The Kier molecular flexibility index (Phi) is 3.96. The highest BCUT2D eigenvalue weighted by Gasteiger charge is 2.25. The lowest BCUT2D eigenvalue weighted by Crippen LogP contribution is -2.46. The molecule has 1 aromatic carbocycles. The van der Waals surface area contributed by atoms with Gasteiger partial charge in [0.15, 0.2) is 0 Å². The summed E-state index contributed by atoms with van der Waals surface area (Å²) < 4.78 is 18.9. The van der Waals surface area contributed by atoms with E-state index in [0.29, 0.717) is 31.7 Å². The molecule has 0 radical (unpaired) electrons. The van der Waals surface area contributed by atoms with Gasteiger partial charge in [0.2, 0.25) is 0 Å². The number of amides is 1. The number of aromatic amines is 1. The fourth-order valence-electron chi connectivity index (χ4n) is 2.50. The molecule has 0 spiro atoms. The van der Waals surface area contributed by atoms with Gasteiger partial charge in [0.25, 0.3) is 5.91 Å². The molecule has 3 rings (SSSR count). The predicted octanol–water partition coefficient (Wildman–Crippen LogP) is 1.63. The van der Waals surface area contributed by atoms with E-state index in [9.17, 15) is 9.18 Å². The quantitative estimate of drug-likeness (QED) is 0.934. The van der Waals surface area contributed by atoms with Crippen molar-refractivity contribution >= 4 is 5.91 Å². The lowest BCUT2D eigenvalue weighted by molar-refractivity contribution is -0.0208. The molecular weight excluding hydrogens is 273 g/mol. The molecule has 6 heteroatoms. The van der Waals surface area contributed by atoms with Gasteiger partial charge in [-0.1, -0.05) is 12.1 Å². The third-order valence-electron chi connectivity index (χ3n) is 3.52. The number of carbonyl (C=O) groups is 1. The second-order valence-corrected chi connectivity index (χ2v) is 5.06. The molecular formula is C15H16FN3O2. The molecule has 1 fully saturated rings. The van der Waals surface area contributed by atoms with Gasteiger partial charge in [-0.15, -0.1) is 0 Å². The normalized spacial score (nSPS) is 18.7. The highest BCUT2D eigenvalue weighted by atomic mass is 19.1. The van der Waals surface area contributed by atoms with Crippen LogP contribution in [0, 0.1) is 5.82 Å². The number of benzene rings is 1. The minimum Gasteiger partial charge on any atom is -0.374 e. The summed E-state index contributed by atoms with van der Waals surface area (Å²) in [5.74, 6) is -0.314. The van der Waals surface area contributed by atoms with Crippen molar-refractivity contribution in [3.63, 3.8) is 0 Å². The van der Waals surface area contributed by atoms with Crippen molar-refractivity contribution in [3.05, 3.63) is 53.6 Å². The number of nitrogens with one attached hydrogen (secondary N) is 1. The summed E-state index contributed by atoms with van der Waals surface area (Å²) in [5, 5.41) is 6.43. The Balaban J connectivity index is 1.64. The van der Waals surface area contributed by atoms with Gasteiger partial charge in [0.05, 0.1) is 24.5 Å². The Morgan fingerprint density at radius 1 is 1.52 bits per heavy atom. The number of hydrogen-bond acceptors (Lipinski definition) is 3. The maximum atomic E-state index is 13.2. The molecule has 21 heavy (non-hydrogen) atoms. The van der Waals surface area contributed by atoms with Crippen LogP contribution in [0.1, 0.15) is 15.9 Å². The van der Waals surface area contributed by atoms with Crippen molar-refractivity contribution in [2.45, 2.75) is 12.5 Å². The topological polar surface area (TPSA) is 58.2 Å². The number of carbonyl (C=O) groups excluding carboxylic acids is 1. The van der Waals surface area contributed by atoms with Gasteiger partial charge in [0.1, 0.15) is 5.82 Å². The zero-order valence-corrected chi connectivity index (χ0v) is 11.5. The van der Waals surface area contributed by atoms with Crippen LogP contribution in [0.3, 0.4) is 0 Å². The van der Waals surface area contributed by atoms with Gasteiger partial charge in [-0.05, 0) is 17.7 Å². The van der Waals surface area contributed by atoms with Crippen LogP contribution in [-0.2, 0) is 11.2 Å².